The number of ether oxygens (including phenoxy) is 1. The van der Waals surface area contributed by atoms with Crippen molar-refractivity contribution in [1.82, 2.24) is 4.90 Å². The van der Waals surface area contributed by atoms with Crippen LogP contribution in [0.3, 0.4) is 0 Å². The first-order valence-corrected chi connectivity index (χ1v) is 11.2. The minimum atomic E-state index is -0.479. The lowest BCUT2D eigenvalue weighted by Crippen LogP contribution is -2.49. The van der Waals surface area contributed by atoms with Crippen LogP contribution in [0, 0.1) is 10.1 Å². The first-order valence-electron chi connectivity index (χ1n) is 11.2. The van der Waals surface area contributed by atoms with Crippen molar-refractivity contribution in [3.8, 4) is 5.75 Å². The second kappa shape index (κ2) is 10.7. The predicted molar refractivity (Wildman–Crippen MR) is 128 cm³/mol. The molecule has 3 aromatic carbocycles. The fourth-order valence-electron chi connectivity index (χ4n) is 4.17. The Hall–Kier alpha value is -3.71. The van der Waals surface area contributed by atoms with Crippen molar-refractivity contribution in [3.63, 3.8) is 0 Å². The molecule has 3 aromatic rings. The first kappa shape index (κ1) is 22.5. The van der Waals surface area contributed by atoms with Crippen LogP contribution in [0.15, 0.2) is 84.9 Å². The van der Waals surface area contributed by atoms with Crippen molar-refractivity contribution in [2.24, 2.45) is 0 Å². The van der Waals surface area contributed by atoms with Crippen molar-refractivity contribution in [1.29, 1.82) is 0 Å². The van der Waals surface area contributed by atoms with Crippen LogP contribution in [0.2, 0.25) is 0 Å². The van der Waals surface area contributed by atoms with Crippen LogP contribution in [0.4, 0.5) is 16.2 Å². The Kier molecular flexibility index (Phi) is 7.32. The SMILES string of the molecule is O=C(Oc1ccc([N+](=O)[O-])cc1)N(c1ccccc1)C1CCN(CCc2ccccc2)CC1. The zero-order valence-corrected chi connectivity index (χ0v) is 18.4. The summed E-state index contributed by atoms with van der Waals surface area (Å²) in [6.45, 7) is 2.81. The maximum Gasteiger partial charge on any atom is 0.420 e. The number of rotatable bonds is 7. The van der Waals surface area contributed by atoms with Crippen LogP contribution < -0.4 is 9.64 Å². The van der Waals surface area contributed by atoms with Crippen molar-refractivity contribution in [3.05, 3.63) is 101 Å². The van der Waals surface area contributed by atoms with Gasteiger partial charge in [0.15, 0.2) is 0 Å². The zero-order valence-electron chi connectivity index (χ0n) is 18.4. The van der Waals surface area contributed by atoms with E-state index in [4.69, 9.17) is 4.74 Å². The van der Waals surface area contributed by atoms with Gasteiger partial charge in [-0.1, -0.05) is 48.5 Å². The molecular formula is C26H27N3O4. The van der Waals surface area contributed by atoms with Gasteiger partial charge >= 0.3 is 6.09 Å². The van der Waals surface area contributed by atoms with Gasteiger partial charge in [0.2, 0.25) is 0 Å². The van der Waals surface area contributed by atoms with Crippen LogP contribution in [0.5, 0.6) is 5.75 Å². The molecule has 1 aliphatic rings. The number of non-ortho nitro benzene ring substituents is 1. The van der Waals surface area contributed by atoms with Gasteiger partial charge in [-0.25, -0.2) is 4.79 Å². The van der Waals surface area contributed by atoms with Crippen LogP contribution >= 0.6 is 0 Å². The average Bonchev–Trinajstić information content (AvgIpc) is 2.85. The molecule has 0 atom stereocenters. The number of piperidine rings is 1. The van der Waals surface area contributed by atoms with E-state index in [0.29, 0.717) is 0 Å². The zero-order chi connectivity index (χ0) is 23.0. The van der Waals surface area contributed by atoms with Gasteiger partial charge in [0.05, 0.1) is 4.92 Å². The van der Waals surface area contributed by atoms with Gasteiger partial charge < -0.3 is 9.64 Å². The highest BCUT2D eigenvalue weighted by molar-refractivity contribution is 5.89. The highest BCUT2D eigenvalue weighted by Crippen LogP contribution is 2.26. The monoisotopic (exact) mass is 445 g/mol. The van der Waals surface area contributed by atoms with E-state index in [0.717, 1.165) is 44.6 Å². The summed E-state index contributed by atoms with van der Waals surface area (Å²) in [5.41, 5.74) is 2.07. The smallest absolute Gasteiger partial charge is 0.410 e. The molecule has 1 fully saturated rings. The lowest BCUT2D eigenvalue weighted by Gasteiger charge is -2.38. The second-order valence-electron chi connectivity index (χ2n) is 8.13. The Labute approximate surface area is 193 Å². The lowest BCUT2D eigenvalue weighted by atomic mass is 10.0. The van der Waals surface area contributed by atoms with E-state index >= 15 is 0 Å². The van der Waals surface area contributed by atoms with E-state index in [1.165, 1.54) is 29.8 Å². The van der Waals surface area contributed by atoms with E-state index in [1.807, 2.05) is 36.4 Å². The van der Waals surface area contributed by atoms with Crippen molar-refractivity contribution in [2.75, 3.05) is 24.5 Å². The molecule has 0 unspecified atom stereocenters. The van der Waals surface area contributed by atoms with Gasteiger partial charge in [-0.2, -0.15) is 0 Å². The van der Waals surface area contributed by atoms with Crippen LogP contribution in [-0.2, 0) is 6.42 Å². The minimum absolute atomic E-state index is 0.0194. The van der Waals surface area contributed by atoms with E-state index in [-0.39, 0.29) is 17.5 Å². The number of hydrogen-bond acceptors (Lipinski definition) is 5. The molecule has 0 spiro atoms. The molecule has 4 rings (SSSR count). The fourth-order valence-corrected chi connectivity index (χ4v) is 4.17. The molecule has 0 aromatic heterocycles. The van der Waals surface area contributed by atoms with Gasteiger partial charge in [0, 0.05) is 43.5 Å². The summed E-state index contributed by atoms with van der Waals surface area (Å²) < 4.78 is 5.60. The fraction of sp³-hybridized carbons (Fsp3) is 0.269. The Bertz CT molecular complexity index is 1050. The van der Waals surface area contributed by atoms with Crippen molar-refractivity contribution in [2.45, 2.75) is 25.3 Å². The number of benzene rings is 3. The summed E-state index contributed by atoms with van der Waals surface area (Å²) >= 11 is 0. The number of para-hydroxylation sites is 1. The third-order valence-electron chi connectivity index (χ3n) is 5.97. The van der Waals surface area contributed by atoms with E-state index in [2.05, 4.69) is 29.2 Å². The summed E-state index contributed by atoms with van der Waals surface area (Å²) in [5, 5.41) is 10.9. The van der Waals surface area contributed by atoms with Gasteiger partial charge in [-0.05, 0) is 49.1 Å². The molecular weight excluding hydrogens is 418 g/mol. The van der Waals surface area contributed by atoms with Crippen molar-refractivity contribution < 1.29 is 14.5 Å². The number of nitro benzene ring substituents is 1. The summed E-state index contributed by atoms with van der Waals surface area (Å²) in [6.07, 6.45) is 2.23. The number of amides is 1. The van der Waals surface area contributed by atoms with Crippen molar-refractivity contribution >= 4 is 17.5 Å². The van der Waals surface area contributed by atoms with E-state index in [1.54, 1.807) is 4.90 Å². The Morgan fingerprint density at radius 1 is 0.939 bits per heavy atom. The van der Waals surface area contributed by atoms with Crippen LogP contribution in [0.25, 0.3) is 0 Å². The molecule has 1 saturated heterocycles. The van der Waals surface area contributed by atoms with E-state index in [9.17, 15) is 14.9 Å². The second-order valence-corrected chi connectivity index (χ2v) is 8.13. The van der Waals surface area contributed by atoms with Gasteiger partial charge in [0.25, 0.3) is 5.69 Å². The lowest BCUT2D eigenvalue weighted by molar-refractivity contribution is -0.384. The molecule has 0 N–H and O–H groups in total. The normalized spacial score (nSPS) is 14.5. The molecule has 1 heterocycles. The van der Waals surface area contributed by atoms with Gasteiger partial charge in [0.1, 0.15) is 5.75 Å². The molecule has 1 amide bonds. The van der Waals surface area contributed by atoms with Gasteiger partial charge in [-0.15, -0.1) is 0 Å². The van der Waals surface area contributed by atoms with Gasteiger partial charge in [-0.3, -0.25) is 15.0 Å². The molecule has 33 heavy (non-hydrogen) atoms. The quantitative estimate of drug-likeness (QED) is 0.364. The number of anilines is 1. The number of nitrogens with zero attached hydrogens (tertiary/aromatic N) is 3. The average molecular weight is 446 g/mol. The number of hydrogen-bond donors (Lipinski definition) is 0. The van der Waals surface area contributed by atoms with Crippen LogP contribution in [-0.4, -0.2) is 41.6 Å². The molecule has 0 bridgehead atoms. The van der Waals surface area contributed by atoms with E-state index < -0.39 is 11.0 Å². The summed E-state index contributed by atoms with van der Waals surface area (Å²) in [4.78, 5) is 27.7. The molecule has 0 aliphatic carbocycles. The highest BCUT2D eigenvalue weighted by Gasteiger charge is 2.30. The molecule has 7 heteroatoms. The molecule has 1 aliphatic heterocycles. The summed E-state index contributed by atoms with van der Waals surface area (Å²) in [5.74, 6) is 0.284. The first-order chi connectivity index (χ1) is 16.1. The maximum atomic E-state index is 13.2. The largest absolute Gasteiger partial charge is 0.420 e. The topological polar surface area (TPSA) is 75.9 Å². The number of carbonyl (C=O) groups is 1. The highest BCUT2D eigenvalue weighted by atomic mass is 16.6. The standard InChI is InChI=1S/C26H27N3O4/c30-26(33-25-13-11-24(12-14-25)29(31)32)28(22-9-5-2-6-10-22)23-16-19-27(20-17-23)18-15-21-7-3-1-4-8-21/h1-14,23H,15-20H2. The maximum absolute atomic E-state index is 13.2. The number of nitro groups is 1. The molecule has 170 valence electrons. The molecule has 0 saturated carbocycles. The molecule has 0 radical (unpaired) electrons. The predicted octanol–water partition coefficient (Wildman–Crippen LogP) is 5.31. The minimum Gasteiger partial charge on any atom is -0.410 e. The summed E-state index contributed by atoms with van der Waals surface area (Å²) in [6, 6.07) is 25.6. The summed E-state index contributed by atoms with van der Waals surface area (Å²) in [7, 11) is 0. The Morgan fingerprint density at radius 3 is 2.15 bits per heavy atom. The third-order valence-corrected chi connectivity index (χ3v) is 5.97. The number of carbonyl (C=O) groups excluding carboxylic acids is 1. The van der Waals surface area contributed by atoms with Crippen LogP contribution in [0.1, 0.15) is 18.4 Å². The number of likely N-dealkylation sites (tertiary alicyclic amines) is 1. The third kappa shape index (κ3) is 5.96. The Morgan fingerprint density at radius 2 is 1.55 bits per heavy atom. The molecule has 7 nitrogen and oxygen atoms in total. The Balaban J connectivity index is 1.41.